The van der Waals surface area contributed by atoms with E-state index in [0.29, 0.717) is 5.76 Å². The van der Waals surface area contributed by atoms with E-state index in [2.05, 4.69) is 15.8 Å². The van der Waals surface area contributed by atoms with E-state index >= 15 is 0 Å². The Morgan fingerprint density at radius 3 is 2.85 bits per heavy atom. The molecule has 0 fully saturated rings. The molecule has 0 radical (unpaired) electrons. The number of carbonyl (C=O) groups excluding carboxylic acids is 1. The minimum atomic E-state index is -0.217. The Bertz CT molecular complexity index is 617. The molecule has 0 aliphatic heterocycles. The second kappa shape index (κ2) is 6.56. The van der Waals surface area contributed by atoms with Gasteiger partial charge in [0, 0.05) is 5.69 Å². The molecule has 0 spiro atoms. The maximum Gasteiger partial charge on any atom is 0.259 e. The second-order valence-electron chi connectivity index (χ2n) is 4.46. The maximum atomic E-state index is 11.6. The summed E-state index contributed by atoms with van der Waals surface area (Å²) in [5, 5.41) is 6.86. The third-order valence-corrected chi connectivity index (χ3v) is 2.61. The zero-order valence-electron chi connectivity index (χ0n) is 11.5. The highest BCUT2D eigenvalue weighted by Gasteiger charge is 2.00. The Morgan fingerprint density at radius 2 is 2.15 bits per heavy atom. The maximum absolute atomic E-state index is 11.6. The van der Waals surface area contributed by atoms with Crippen LogP contribution in [0.3, 0.4) is 0 Å². The Labute approximate surface area is 117 Å². The van der Waals surface area contributed by atoms with Crippen molar-refractivity contribution in [1.82, 2.24) is 5.43 Å². The molecule has 1 heterocycles. The standard InChI is InChI=1S/C15H17N3O2/c1-11-4-3-5-13(8-11)16-10-15(19)18-17-9-14-7-6-12(2)20-14/h3-9,16H,10H2,1-2H3,(H,18,19)/b17-9-. The lowest BCUT2D eigenvalue weighted by Crippen LogP contribution is -2.25. The molecule has 20 heavy (non-hydrogen) atoms. The third-order valence-electron chi connectivity index (χ3n) is 2.61. The van der Waals surface area contributed by atoms with Crippen LogP contribution in [0.1, 0.15) is 17.1 Å². The molecule has 104 valence electrons. The van der Waals surface area contributed by atoms with E-state index in [1.165, 1.54) is 6.21 Å². The molecule has 1 amide bonds. The molecule has 0 aliphatic carbocycles. The van der Waals surface area contributed by atoms with E-state index in [1.807, 2.05) is 44.2 Å². The van der Waals surface area contributed by atoms with Crippen LogP contribution in [0.15, 0.2) is 45.9 Å². The number of hydrogen-bond acceptors (Lipinski definition) is 4. The first kappa shape index (κ1) is 13.9. The summed E-state index contributed by atoms with van der Waals surface area (Å²) in [4.78, 5) is 11.6. The minimum absolute atomic E-state index is 0.165. The van der Waals surface area contributed by atoms with Gasteiger partial charge in [-0.25, -0.2) is 5.43 Å². The average Bonchev–Trinajstić information content (AvgIpc) is 2.82. The van der Waals surface area contributed by atoms with Crippen molar-refractivity contribution in [2.45, 2.75) is 13.8 Å². The van der Waals surface area contributed by atoms with Crippen LogP contribution in [0.25, 0.3) is 0 Å². The number of anilines is 1. The fraction of sp³-hybridized carbons (Fsp3) is 0.200. The molecule has 0 saturated heterocycles. The average molecular weight is 271 g/mol. The van der Waals surface area contributed by atoms with Crippen molar-refractivity contribution in [1.29, 1.82) is 0 Å². The van der Waals surface area contributed by atoms with Gasteiger partial charge < -0.3 is 9.73 Å². The number of nitrogens with zero attached hydrogens (tertiary/aromatic N) is 1. The predicted octanol–water partition coefficient (Wildman–Crippen LogP) is 2.46. The van der Waals surface area contributed by atoms with Gasteiger partial charge in [-0.3, -0.25) is 4.79 Å². The quantitative estimate of drug-likeness (QED) is 0.648. The summed E-state index contributed by atoms with van der Waals surface area (Å²) < 4.78 is 5.29. The van der Waals surface area contributed by atoms with Crippen LogP contribution >= 0.6 is 0 Å². The predicted molar refractivity (Wildman–Crippen MR) is 78.9 cm³/mol. The summed E-state index contributed by atoms with van der Waals surface area (Å²) in [6.45, 7) is 4.01. The van der Waals surface area contributed by atoms with E-state index in [0.717, 1.165) is 17.0 Å². The van der Waals surface area contributed by atoms with Crippen LogP contribution in [-0.4, -0.2) is 18.7 Å². The molecule has 0 bridgehead atoms. The fourth-order valence-electron chi connectivity index (χ4n) is 1.67. The van der Waals surface area contributed by atoms with Gasteiger partial charge in [-0.2, -0.15) is 5.10 Å². The lowest BCUT2D eigenvalue weighted by molar-refractivity contribution is -0.119. The number of carbonyl (C=O) groups is 1. The molecule has 0 aliphatic rings. The van der Waals surface area contributed by atoms with Gasteiger partial charge in [-0.05, 0) is 43.7 Å². The van der Waals surface area contributed by atoms with Crippen molar-refractivity contribution in [3.63, 3.8) is 0 Å². The molecule has 1 aromatic heterocycles. The summed E-state index contributed by atoms with van der Waals surface area (Å²) in [7, 11) is 0. The zero-order valence-corrected chi connectivity index (χ0v) is 11.5. The molecular formula is C15H17N3O2. The Balaban J connectivity index is 1.77. The Morgan fingerprint density at radius 1 is 1.30 bits per heavy atom. The van der Waals surface area contributed by atoms with Gasteiger partial charge in [0.25, 0.3) is 5.91 Å². The summed E-state index contributed by atoms with van der Waals surface area (Å²) >= 11 is 0. The Kier molecular flexibility index (Phi) is 4.55. The molecule has 0 atom stereocenters. The topological polar surface area (TPSA) is 66.6 Å². The highest BCUT2D eigenvalue weighted by Crippen LogP contribution is 2.08. The van der Waals surface area contributed by atoms with Gasteiger partial charge in [0.15, 0.2) is 0 Å². The van der Waals surface area contributed by atoms with Crippen molar-refractivity contribution < 1.29 is 9.21 Å². The molecule has 2 rings (SSSR count). The first-order chi connectivity index (χ1) is 9.63. The summed E-state index contributed by atoms with van der Waals surface area (Å²) in [5.41, 5.74) is 4.48. The molecule has 2 N–H and O–H groups in total. The lowest BCUT2D eigenvalue weighted by atomic mass is 10.2. The van der Waals surface area contributed by atoms with Gasteiger partial charge in [0.1, 0.15) is 11.5 Å². The summed E-state index contributed by atoms with van der Waals surface area (Å²) in [6.07, 6.45) is 1.47. The zero-order chi connectivity index (χ0) is 14.4. The molecule has 5 heteroatoms. The summed E-state index contributed by atoms with van der Waals surface area (Å²) in [5.74, 6) is 1.19. The number of rotatable bonds is 5. The number of hydrazone groups is 1. The highest BCUT2D eigenvalue weighted by molar-refractivity contribution is 5.83. The van der Waals surface area contributed by atoms with Crippen LogP contribution in [0.5, 0.6) is 0 Å². The number of amides is 1. The molecular weight excluding hydrogens is 254 g/mol. The second-order valence-corrected chi connectivity index (χ2v) is 4.46. The van der Waals surface area contributed by atoms with Gasteiger partial charge in [-0.1, -0.05) is 12.1 Å². The van der Waals surface area contributed by atoms with Crippen molar-refractivity contribution >= 4 is 17.8 Å². The van der Waals surface area contributed by atoms with Crippen molar-refractivity contribution in [3.05, 3.63) is 53.5 Å². The number of benzene rings is 1. The van der Waals surface area contributed by atoms with Crippen LogP contribution in [0.2, 0.25) is 0 Å². The van der Waals surface area contributed by atoms with Crippen LogP contribution in [-0.2, 0) is 4.79 Å². The highest BCUT2D eigenvalue weighted by atomic mass is 16.3. The first-order valence-corrected chi connectivity index (χ1v) is 6.32. The molecule has 2 aromatic rings. The van der Waals surface area contributed by atoms with Crippen LogP contribution < -0.4 is 10.7 Å². The van der Waals surface area contributed by atoms with Crippen LogP contribution in [0, 0.1) is 13.8 Å². The number of nitrogens with one attached hydrogen (secondary N) is 2. The van der Waals surface area contributed by atoms with Gasteiger partial charge in [0.2, 0.25) is 0 Å². The SMILES string of the molecule is Cc1cccc(NCC(=O)N/N=C\c2ccc(C)o2)c1. The molecule has 1 aromatic carbocycles. The van der Waals surface area contributed by atoms with Crippen LogP contribution in [0.4, 0.5) is 5.69 Å². The van der Waals surface area contributed by atoms with E-state index in [-0.39, 0.29) is 12.5 Å². The van der Waals surface area contributed by atoms with E-state index in [9.17, 15) is 4.79 Å². The number of furan rings is 1. The van der Waals surface area contributed by atoms with Gasteiger partial charge >= 0.3 is 0 Å². The first-order valence-electron chi connectivity index (χ1n) is 6.32. The van der Waals surface area contributed by atoms with Crippen molar-refractivity contribution in [3.8, 4) is 0 Å². The number of aryl methyl sites for hydroxylation is 2. The molecule has 0 saturated carbocycles. The lowest BCUT2D eigenvalue weighted by Gasteiger charge is -2.05. The minimum Gasteiger partial charge on any atom is -0.460 e. The van der Waals surface area contributed by atoms with Crippen molar-refractivity contribution in [2.24, 2.45) is 5.10 Å². The van der Waals surface area contributed by atoms with Crippen molar-refractivity contribution in [2.75, 3.05) is 11.9 Å². The Hall–Kier alpha value is -2.56. The smallest absolute Gasteiger partial charge is 0.259 e. The molecule has 5 nitrogen and oxygen atoms in total. The van der Waals surface area contributed by atoms with E-state index in [4.69, 9.17) is 4.42 Å². The van der Waals surface area contributed by atoms with Gasteiger partial charge in [0.05, 0.1) is 12.8 Å². The third kappa shape index (κ3) is 4.28. The van der Waals surface area contributed by atoms with E-state index in [1.54, 1.807) is 6.07 Å². The monoisotopic (exact) mass is 271 g/mol. The number of hydrogen-bond donors (Lipinski definition) is 2. The van der Waals surface area contributed by atoms with E-state index < -0.39 is 0 Å². The largest absolute Gasteiger partial charge is 0.460 e. The fourth-order valence-corrected chi connectivity index (χ4v) is 1.67. The normalized spacial score (nSPS) is 10.7. The summed E-state index contributed by atoms with van der Waals surface area (Å²) in [6, 6.07) is 11.4. The molecule has 0 unspecified atom stereocenters. The van der Waals surface area contributed by atoms with Gasteiger partial charge in [-0.15, -0.1) is 0 Å².